The summed E-state index contributed by atoms with van der Waals surface area (Å²) in [7, 11) is 0. The number of rotatable bonds is 6. The van der Waals surface area contributed by atoms with Crippen molar-refractivity contribution < 1.29 is 23.5 Å². The molecular formula is C24H16Cl3NO5S. The highest BCUT2D eigenvalue weighted by Crippen LogP contribution is 2.35. The number of benzene rings is 2. The topological polar surface area (TPSA) is 76.8 Å². The largest absolute Gasteiger partial charge is 0.462 e. The van der Waals surface area contributed by atoms with Crippen LogP contribution in [0, 0.1) is 0 Å². The number of hydrogen-bond donors (Lipinski definition) is 0. The van der Waals surface area contributed by atoms with Crippen LogP contribution in [0.5, 0.6) is 0 Å². The third-order valence-corrected chi connectivity index (χ3v) is 6.82. The first kappa shape index (κ1) is 24.4. The number of halogens is 3. The maximum Gasteiger partial charge on any atom is 0.339 e. The van der Waals surface area contributed by atoms with Gasteiger partial charge in [-0.3, -0.25) is 14.5 Å². The van der Waals surface area contributed by atoms with Gasteiger partial charge in [-0.2, -0.15) is 0 Å². The summed E-state index contributed by atoms with van der Waals surface area (Å²) < 4.78 is 10.9. The summed E-state index contributed by atoms with van der Waals surface area (Å²) >= 11 is 18.9. The van der Waals surface area contributed by atoms with Crippen molar-refractivity contribution in [2.75, 3.05) is 6.61 Å². The van der Waals surface area contributed by atoms with Gasteiger partial charge >= 0.3 is 5.97 Å². The van der Waals surface area contributed by atoms with Crippen molar-refractivity contribution in [1.82, 2.24) is 4.90 Å². The predicted octanol–water partition coefficient (Wildman–Crippen LogP) is 7.32. The van der Waals surface area contributed by atoms with E-state index in [1.807, 2.05) is 0 Å². The molecule has 4 rings (SSSR count). The Morgan fingerprint density at radius 3 is 2.53 bits per heavy atom. The Morgan fingerprint density at radius 1 is 1.03 bits per heavy atom. The van der Waals surface area contributed by atoms with Crippen LogP contribution in [0.25, 0.3) is 17.4 Å². The zero-order valence-corrected chi connectivity index (χ0v) is 20.7. The summed E-state index contributed by atoms with van der Waals surface area (Å²) in [6.45, 7) is 2.01. The molecule has 34 heavy (non-hydrogen) atoms. The van der Waals surface area contributed by atoms with E-state index in [4.69, 9.17) is 44.0 Å². The van der Waals surface area contributed by atoms with Gasteiger partial charge in [-0.1, -0.05) is 40.9 Å². The van der Waals surface area contributed by atoms with Gasteiger partial charge in [0.25, 0.3) is 11.1 Å². The van der Waals surface area contributed by atoms with Crippen LogP contribution in [-0.4, -0.2) is 28.6 Å². The number of ether oxygens (including phenoxy) is 1. The zero-order chi connectivity index (χ0) is 24.4. The van der Waals surface area contributed by atoms with Crippen molar-refractivity contribution in [2.24, 2.45) is 0 Å². The summed E-state index contributed by atoms with van der Waals surface area (Å²) in [6.07, 6.45) is 1.51. The molecule has 3 aromatic rings. The minimum Gasteiger partial charge on any atom is -0.462 e. The molecule has 10 heteroatoms. The van der Waals surface area contributed by atoms with Crippen LogP contribution in [0.4, 0.5) is 4.79 Å². The van der Waals surface area contributed by atoms with E-state index < -0.39 is 17.1 Å². The van der Waals surface area contributed by atoms with Crippen molar-refractivity contribution in [3.05, 3.63) is 85.4 Å². The minimum atomic E-state index is -0.531. The van der Waals surface area contributed by atoms with E-state index in [-0.39, 0.29) is 28.6 Å². The molecule has 1 saturated heterocycles. The van der Waals surface area contributed by atoms with Crippen molar-refractivity contribution in [2.45, 2.75) is 13.5 Å². The third-order valence-electron chi connectivity index (χ3n) is 4.84. The van der Waals surface area contributed by atoms with Gasteiger partial charge in [-0.15, -0.1) is 0 Å². The fourth-order valence-corrected chi connectivity index (χ4v) is 4.55. The lowest BCUT2D eigenvalue weighted by molar-refractivity contribution is -0.123. The van der Waals surface area contributed by atoms with Crippen LogP contribution in [0.15, 0.2) is 57.9 Å². The Labute approximate surface area is 214 Å². The van der Waals surface area contributed by atoms with Gasteiger partial charge in [0.15, 0.2) is 0 Å². The van der Waals surface area contributed by atoms with Gasteiger partial charge in [-0.25, -0.2) is 4.79 Å². The lowest BCUT2D eigenvalue weighted by Gasteiger charge is -2.12. The second kappa shape index (κ2) is 10.3. The number of amides is 2. The molecule has 0 spiro atoms. The highest BCUT2D eigenvalue weighted by molar-refractivity contribution is 8.18. The molecule has 0 radical (unpaired) electrons. The molecule has 0 saturated carbocycles. The lowest BCUT2D eigenvalue weighted by atomic mass is 10.1. The number of nitrogens with zero attached hydrogens (tertiary/aromatic N) is 1. The SMILES string of the molecule is CCOC(=O)c1cc(-c2ccc(/C=C3\SC(=O)N(Cc4ccc(Cl)c(Cl)c4)C3=O)o2)ccc1Cl. The average molecular weight is 537 g/mol. The molecule has 0 unspecified atom stereocenters. The first-order chi connectivity index (χ1) is 16.3. The second-order valence-corrected chi connectivity index (χ2v) is 9.35. The molecule has 0 atom stereocenters. The molecule has 0 aliphatic carbocycles. The van der Waals surface area contributed by atoms with Crippen LogP contribution in [-0.2, 0) is 16.1 Å². The quantitative estimate of drug-likeness (QED) is 0.243. The minimum absolute atomic E-state index is 0.0731. The Morgan fingerprint density at radius 2 is 1.79 bits per heavy atom. The summed E-state index contributed by atoms with van der Waals surface area (Å²) in [6, 6.07) is 13.2. The molecule has 1 aromatic heterocycles. The normalized spacial score (nSPS) is 14.8. The van der Waals surface area contributed by atoms with Gasteiger partial charge in [0.2, 0.25) is 0 Å². The van der Waals surface area contributed by atoms with E-state index >= 15 is 0 Å². The molecule has 1 fully saturated rings. The van der Waals surface area contributed by atoms with Crippen LogP contribution >= 0.6 is 46.6 Å². The highest BCUT2D eigenvalue weighted by Gasteiger charge is 2.35. The number of furan rings is 1. The average Bonchev–Trinajstić information content (AvgIpc) is 3.37. The molecule has 2 heterocycles. The maximum absolute atomic E-state index is 12.8. The number of carbonyl (C=O) groups is 3. The molecule has 1 aliphatic rings. The van der Waals surface area contributed by atoms with Crippen molar-refractivity contribution in [3.63, 3.8) is 0 Å². The van der Waals surface area contributed by atoms with E-state index in [2.05, 4.69) is 0 Å². The van der Waals surface area contributed by atoms with E-state index in [1.54, 1.807) is 55.5 Å². The maximum atomic E-state index is 12.8. The number of carbonyl (C=O) groups excluding carboxylic acids is 3. The third kappa shape index (κ3) is 5.18. The van der Waals surface area contributed by atoms with Crippen molar-refractivity contribution >= 4 is 69.8 Å². The molecule has 2 amide bonds. The Hall–Kier alpha value is -2.71. The highest BCUT2D eigenvalue weighted by atomic mass is 35.5. The molecule has 1 aliphatic heterocycles. The number of thioether (sulfide) groups is 1. The molecule has 0 N–H and O–H groups in total. The first-order valence-electron chi connectivity index (χ1n) is 10.0. The number of imide groups is 1. The van der Waals surface area contributed by atoms with Crippen LogP contribution in [0.1, 0.15) is 28.6 Å². The van der Waals surface area contributed by atoms with E-state index in [1.165, 1.54) is 6.08 Å². The Balaban J connectivity index is 1.54. The van der Waals surface area contributed by atoms with E-state index in [0.717, 1.165) is 16.7 Å². The predicted molar refractivity (Wildman–Crippen MR) is 133 cm³/mol. The lowest BCUT2D eigenvalue weighted by Crippen LogP contribution is -2.27. The smallest absolute Gasteiger partial charge is 0.339 e. The van der Waals surface area contributed by atoms with Gasteiger partial charge in [-0.05, 0) is 66.7 Å². The monoisotopic (exact) mass is 535 g/mol. The Bertz CT molecular complexity index is 1330. The van der Waals surface area contributed by atoms with Crippen molar-refractivity contribution in [3.8, 4) is 11.3 Å². The standard InChI is InChI=1S/C24H16Cl3NO5S/c1-2-32-23(30)16-10-14(4-7-17(16)25)20-8-5-15(33-20)11-21-22(29)28(24(31)34-21)12-13-3-6-18(26)19(27)9-13/h3-11H,2,12H2,1H3/b21-11-. The fourth-order valence-electron chi connectivity index (χ4n) is 3.22. The van der Waals surface area contributed by atoms with Crippen LogP contribution in [0.3, 0.4) is 0 Å². The molecular weight excluding hydrogens is 521 g/mol. The zero-order valence-electron chi connectivity index (χ0n) is 17.6. The van der Waals surface area contributed by atoms with E-state index in [9.17, 15) is 14.4 Å². The number of esters is 1. The molecule has 174 valence electrons. The summed E-state index contributed by atoms with van der Waals surface area (Å²) in [5.41, 5.74) is 1.51. The summed E-state index contributed by atoms with van der Waals surface area (Å²) in [4.78, 5) is 38.7. The van der Waals surface area contributed by atoms with Gasteiger partial charge in [0.05, 0.1) is 38.7 Å². The molecule has 0 bridgehead atoms. The molecule has 6 nitrogen and oxygen atoms in total. The van der Waals surface area contributed by atoms with Crippen LogP contribution < -0.4 is 0 Å². The summed E-state index contributed by atoms with van der Waals surface area (Å²) in [5, 5.41) is 0.608. The van der Waals surface area contributed by atoms with E-state index in [0.29, 0.717) is 32.7 Å². The molecule has 2 aromatic carbocycles. The van der Waals surface area contributed by atoms with Gasteiger partial charge < -0.3 is 9.15 Å². The van der Waals surface area contributed by atoms with Crippen LogP contribution in [0.2, 0.25) is 15.1 Å². The summed E-state index contributed by atoms with van der Waals surface area (Å²) in [5.74, 6) is -0.127. The van der Waals surface area contributed by atoms with Crippen molar-refractivity contribution in [1.29, 1.82) is 0 Å². The second-order valence-electron chi connectivity index (χ2n) is 7.13. The fraction of sp³-hybridized carbons (Fsp3) is 0.125. The van der Waals surface area contributed by atoms with Gasteiger partial charge in [0.1, 0.15) is 11.5 Å². The first-order valence-corrected chi connectivity index (χ1v) is 12.0. The van der Waals surface area contributed by atoms with Gasteiger partial charge in [0, 0.05) is 11.6 Å². The number of hydrogen-bond acceptors (Lipinski definition) is 6. The Kier molecular flexibility index (Phi) is 7.38.